The van der Waals surface area contributed by atoms with E-state index in [-0.39, 0.29) is 12.5 Å². The molecular weight excluding hydrogens is 306 g/mol. The van der Waals surface area contributed by atoms with Gasteiger partial charge in [0, 0.05) is 10.6 Å². The largest absolute Gasteiger partial charge is 0.480 e. The second-order valence-electron chi connectivity index (χ2n) is 5.85. The summed E-state index contributed by atoms with van der Waals surface area (Å²) >= 11 is 5.85. The number of amides is 1. The molecule has 1 aliphatic heterocycles. The maximum Gasteiger partial charge on any atom is 0.328 e. The topological polar surface area (TPSA) is 66.8 Å². The van der Waals surface area contributed by atoms with Crippen LogP contribution in [0.5, 0.6) is 0 Å². The molecule has 1 saturated heterocycles. The summed E-state index contributed by atoms with van der Waals surface area (Å²) in [5, 5.41) is 9.98. The van der Waals surface area contributed by atoms with Gasteiger partial charge in [-0.1, -0.05) is 18.0 Å². The Kier molecular flexibility index (Phi) is 4.10. The molecule has 0 bridgehead atoms. The highest BCUT2D eigenvalue weighted by atomic mass is 35.5. The van der Waals surface area contributed by atoms with Gasteiger partial charge >= 0.3 is 5.97 Å². The van der Waals surface area contributed by atoms with Gasteiger partial charge in [-0.05, 0) is 49.9 Å². The molecular formula is C16H18ClNO4. The number of aliphatic carboxylic acids is 1. The van der Waals surface area contributed by atoms with Gasteiger partial charge in [0.1, 0.15) is 5.72 Å². The number of halogens is 1. The van der Waals surface area contributed by atoms with Gasteiger partial charge in [-0.15, -0.1) is 0 Å². The molecule has 22 heavy (non-hydrogen) atoms. The number of carbonyl (C=O) groups excluding carboxylic acids is 1. The summed E-state index contributed by atoms with van der Waals surface area (Å²) in [6, 6.07) is 5.59. The lowest BCUT2D eigenvalue weighted by Gasteiger charge is -2.41. The molecule has 1 saturated carbocycles. The van der Waals surface area contributed by atoms with Crippen molar-refractivity contribution >= 4 is 23.5 Å². The Labute approximate surface area is 133 Å². The van der Waals surface area contributed by atoms with Gasteiger partial charge < -0.3 is 9.84 Å². The van der Waals surface area contributed by atoms with E-state index in [4.69, 9.17) is 16.3 Å². The van der Waals surface area contributed by atoms with Crippen molar-refractivity contribution < 1.29 is 19.4 Å². The number of hydrogen-bond donors (Lipinski definition) is 1. The van der Waals surface area contributed by atoms with Gasteiger partial charge in [0.25, 0.3) is 5.91 Å². The minimum Gasteiger partial charge on any atom is -0.480 e. The number of hydrogen-bond acceptors (Lipinski definition) is 3. The fourth-order valence-corrected chi connectivity index (χ4v) is 3.52. The number of rotatable bonds is 2. The van der Waals surface area contributed by atoms with Crippen molar-refractivity contribution in [2.24, 2.45) is 0 Å². The number of ether oxygens (including phenoxy) is 1. The lowest BCUT2D eigenvalue weighted by atomic mass is 9.89. The van der Waals surface area contributed by atoms with Crippen LogP contribution < -0.4 is 0 Å². The molecule has 0 unspecified atom stereocenters. The van der Waals surface area contributed by atoms with Crippen LogP contribution in [-0.4, -0.2) is 40.3 Å². The molecule has 1 aromatic rings. The van der Waals surface area contributed by atoms with Crippen molar-refractivity contribution in [1.82, 2.24) is 4.90 Å². The third-order valence-electron chi connectivity index (χ3n) is 4.49. The Hall–Kier alpha value is -1.59. The third-order valence-corrected chi connectivity index (χ3v) is 4.74. The van der Waals surface area contributed by atoms with Crippen LogP contribution in [0.3, 0.4) is 0 Å². The first kappa shape index (κ1) is 15.3. The first-order valence-corrected chi connectivity index (χ1v) is 7.87. The minimum atomic E-state index is -1.02. The molecule has 1 aliphatic carbocycles. The third kappa shape index (κ3) is 2.59. The second kappa shape index (κ2) is 5.89. The van der Waals surface area contributed by atoms with Gasteiger partial charge in [-0.2, -0.15) is 0 Å². The average molecular weight is 324 g/mol. The predicted molar refractivity (Wildman–Crippen MR) is 80.8 cm³/mol. The maximum absolute atomic E-state index is 12.9. The molecule has 2 aliphatic rings. The number of carbonyl (C=O) groups is 2. The minimum absolute atomic E-state index is 0.0503. The van der Waals surface area contributed by atoms with Gasteiger partial charge in [0.2, 0.25) is 0 Å². The van der Waals surface area contributed by atoms with E-state index < -0.39 is 17.7 Å². The molecule has 1 amide bonds. The molecule has 0 aromatic heterocycles. The summed E-state index contributed by atoms with van der Waals surface area (Å²) in [7, 11) is 0. The highest BCUT2D eigenvalue weighted by molar-refractivity contribution is 6.30. The van der Waals surface area contributed by atoms with Gasteiger partial charge in [0.15, 0.2) is 6.04 Å². The molecule has 3 rings (SSSR count). The molecule has 6 heteroatoms. The number of carboxylic acids is 1. The van der Waals surface area contributed by atoms with E-state index in [0.29, 0.717) is 23.4 Å². The lowest BCUT2D eigenvalue weighted by Crippen LogP contribution is -2.54. The molecule has 1 atom stereocenters. The van der Waals surface area contributed by atoms with Crippen molar-refractivity contribution in [2.75, 3.05) is 6.61 Å². The van der Waals surface area contributed by atoms with Crippen LogP contribution in [0.1, 0.15) is 42.5 Å². The quantitative estimate of drug-likeness (QED) is 0.908. The number of carboxylic acid groups (broad SMARTS) is 1. The molecule has 1 heterocycles. The Balaban J connectivity index is 1.95. The molecule has 118 valence electrons. The van der Waals surface area contributed by atoms with Crippen molar-refractivity contribution in [3.05, 3.63) is 34.9 Å². The van der Waals surface area contributed by atoms with E-state index in [9.17, 15) is 14.7 Å². The van der Waals surface area contributed by atoms with E-state index in [0.717, 1.165) is 19.3 Å². The summed E-state index contributed by atoms with van der Waals surface area (Å²) in [5.41, 5.74) is -0.330. The smallest absolute Gasteiger partial charge is 0.328 e. The van der Waals surface area contributed by atoms with Crippen molar-refractivity contribution in [2.45, 2.75) is 43.9 Å². The van der Waals surface area contributed by atoms with Crippen molar-refractivity contribution in [3.8, 4) is 0 Å². The molecule has 2 fully saturated rings. The summed E-state index contributed by atoms with van der Waals surface area (Å²) in [4.78, 5) is 25.9. The summed E-state index contributed by atoms with van der Waals surface area (Å²) in [6.07, 6.45) is 4.35. The van der Waals surface area contributed by atoms with Crippen LogP contribution >= 0.6 is 11.6 Å². The Bertz CT molecular complexity index is 580. The zero-order valence-electron chi connectivity index (χ0n) is 12.1. The van der Waals surface area contributed by atoms with Gasteiger partial charge in [-0.25, -0.2) is 4.79 Å². The average Bonchev–Trinajstić information content (AvgIpc) is 2.87. The van der Waals surface area contributed by atoms with Crippen LogP contribution in [0.15, 0.2) is 24.3 Å². The van der Waals surface area contributed by atoms with Crippen molar-refractivity contribution in [1.29, 1.82) is 0 Å². The van der Waals surface area contributed by atoms with Gasteiger partial charge in [0.05, 0.1) is 6.61 Å². The maximum atomic E-state index is 12.9. The SMILES string of the molecule is O=C(O)[C@H]1COC2(CCCCC2)N1C(=O)c1ccc(Cl)cc1. The zero-order chi connectivity index (χ0) is 15.7. The Morgan fingerprint density at radius 3 is 2.41 bits per heavy atom. The molecule has 1 N–H and O–H groups in total. The first-order chi connectivity index (χ1) is 10.5. The lowest BCUT2D eigenvalue weighted by molar-refractivity contribution is -0.143. The van der Waals surface area contributed by atoms with Crippen LogP contribution in [0.25, 0.3) is 0 Å². The van der Waals surface area contributed by atoms with Crippen molar-refractivity contribution in [3.63, 3.8) is 0 Å². The Morgan fingerprint density at radius 2 is 1.82 bits per heavy atom. The fraction of sp³-hybridized carbons (Fsp3) is 0.500. The van der Waals surface area contributed by atoms with Gasteiger partial charge in [-0.3, -0.25) is 9.69 Å². The Morgan fingerprint density at radius 1 is 1.18 bits per heavy atom. The number of nitrogens with zero attached hydrogens (tertiary/aromatic N) is 1. The second-order valence-corrected chi connectivity index (χ2v) is 6.29. The molecule has 1 aromatic carbocycles. The van der Waals surface area contributed by atoms with E-state index in [1.807, 2.05) is 0 Å². The zero-order valence-corrected chi connectivity index (χ0v) is 12.9. The first-order valence-electron chi connectivity index (χ1n) is 7.49. The summed E-state index contributed by atoms with van der Waals surface area (Å²) in [6.45, 7) is 0.0503. The van der Waals surface area contributed by atoms with E-state index in [1.165, 1.54) is 4.90 Å². The monoisotopic (exact) mass is 323 g/mol. The van der Waals surface area contributed by atoms with Crippen LogP contribution in [0.2, 0.25) is 5.02 Å². The highest BCUT2D eigenvalue weighted by Crippen LogP contribution is 2.41. The highest BCUT2D eigenvalue weighted by Gasteiger charge is 2.53. The van der Waals surface area contributed by atoms with Crippen LogP contribution in [0, 0.1) is 0 Å². The van der Waals surface area contributed by atoms with E-state index in [1.54, 1.807) is 24.3 Å². The molecule has 5 nitrogen and oxygen atoms in total. The van der Waals surface area contributed by atoms with Crippen LogP contribution in [0.4, 0.5) is 0 Å². The number of benzene rings is 1. The van der Waals surface area contributed by atoms with Crippen LogP contribution in [-0.2, 0) is 9.53 Å². The molecule has 0 radical (unpaired) electrons. The molecule has 1 spiro atoms. The van der Waals surface area contributed by atoms with E-state index in [2.05, 4.69) is 0 Å². The summed E-state index contributed by atoms with van der Waals surface area (Å²) < 4.78 is 5.83. The fourth-order valence-electron chi connectivity index (χ4n) is 3.39. The standard InChI is InChI=1S/C16H18ClNO4/c17-12-6-4-11(5-7-12)14(19)18-13(15(20)21)10-22-16(18)8-2-1-3-9-16/h4-7,13H,1-3,8-10H2,(H,20,21)/t13-/m1/s1. The summed E-state index contributed by atoms with van der Waals surface area (Å²) in [5.74, 6) is -1.33. The normalized spacial score (nSPS) is 23.7. The van der Waals surface area contributed by atoms with E-state index >= 15 is 0 Å². The predicted octanol–water partition coefficient (Wildman–Crippen LogP) is 2.93.